The molecule has 0 bridgehead atoms. The van der Waals surface area contributed by atoms with Crippen LogP contribution in [0.5, 0.6) is 23.0 Å². The number of halogens is 8. The zero-order valence-corrected chi connectivity index (χ0v) is 66.6. The van der Waals surface area contributed by atoms with E-state index < -0.39 is 10.2 Å². The number of aromatic nitrogens is 8. The smallest absolute Gasteiger partial charge is 0.870 e. The first-order valence-electron chi connectivity index (χ1n) is 26.4. The van der Waals surface area contributed by atoms with Gasteiger partial charge in [-0.25, -0.2) is 0 Å². The molecule has 30 heteroatoms. The Morgan fingerprint density at radius 1 is 0.287 bits per heavy atom. The summed E-state index contributed by atoms with van der Waals surface area (Å²) in [7, 11) is 0. The van der Waals surface area contributed by atoms with Gasteiger partial charge >= 0.3 is 75.5 Å². The van der Waals surface area contributed by atoms with Crippen molar-refractivity contribution < 1.29 is 106 Å². The van der Waals surface area contributed by atoms with E-state index >= 15 is 0 Å². The van der Waals surface area contributed by atoms with Gasteiger partial charge in [0, 0.05) is 105 Å². The molecular formula is C64H48Br8Ho2N10O10. The number of rotatable bonds is 2. The van der Waals surface area contributed by atoms with Crippen molar-refractivity contribution in [1.82, 2.24) is 39.9 Å². The van der Waals surface area contributed by atoms with E-state index in [1.165, 1.54) is 22.3 Å². The Kier molecular flexibility index (Phi) is 35.5. The van der Waals surface area contributed by atoms with Gasteiger partial charge in [-0.15, -0.1) is 0 Å². The van der Waals surface area contributed by atoms with Crippen LogP contribution in [0.15, 0.2) is 182 Å². The van der Waals surface area contributed by atoms with Crippen LogP contribution < -0.4 is 20.4 Å². The van der Waals surface area contributed by atoms with E-state index in [0.717, 1.165) is 85.0 Å². The van der Waals surface area contributed by atoms with E-state index in [1.807, 2.05) is 150 Å². The number of pyridine rings is 8. The van der Waals surface area contributed by atoms with E-state index in [2.05, 4.69) is 195 Å². The number of fused-ring (bicyclic) bond motifs is 4. The van der Waals surface area contributed by atoms with Gasteiger partial charge in [0.25, 0.3) is 0 Å². The van der Waals surface area contributed by atoms with Gasteiger partial charge < -0.3 is 51.1 Å². The van der Waals surface area contributed by atoms with Gasteiger partial charge in [0.2, 0.25) is 0 Å². The Hall–Kier alpha value is -4.92. The maximum absolute atomic E-state index is 11.7. The first-order chi connectivity index (χ1) is 43.3. The van der Waals surface area contributed by atoms with Crippen LogP contribution in [0.2, 0.25) is 0 Å². The summed E-state index contributed by atoms with van der Waals surface area (Å²) in [5.74, 6) is -0.252. The molecule has 0 aliphatic rings. The molecule has 492 valence electrons. The zero-order valence-electron chi connectivity index (χ0n) is 50.0. The first kappa shape index (κ1) is 83.3. The van der Waals surface area contributed by atoms with Gasteiger partial charge in [-0.1, -0.05) is 150 Å². The van der Waals surface area contributed by atoms with Crippen molar-refractivity contribution in [3.05, 3.63) is 258 Å². The Bertz CT molecular complexity index is 4070. The van der Waals surface area contributed by atoms with Gasteiger partial charge in [-0.2, -0.15) is 0 Å². The summed E-state index contributed by atoms with van der Waals surface area (Å²) in [5.41, 5.74) is 14.0. The van der Waals surface area contributed by atoms with Crippen molar-refractivity contribution in [2.24, 2.45) is 0 Å². The molecule has 0 saturated carbocycles. The van der Waals surface area contributed by atoms with Gasteiger partial charge in [-0.3, -0.25) is 39.9 Å². The minimum atomic E-state index is -1.75. The molecular weight excluding hydrogens is 2040 g/mol. The molecule has 0 spiro atoms. The third-order valence-electron chi connectivity index (χ3n) is 12.1. The monoisotopic (exact) mass is 2080 g/mol. The third-order valence-corrected chi connectivity index (χ3v) is 17.1. The van der Waals surface area contributed by atoms with E-state index in [4.69, 9.17) is 30.6 Å². The van der Waals surface area contributed by atoms with Crippen LogP contribution in [-0.2, 0) is 0 Å². The van der Waals surface area contributed by atoms with Crippen molar-refractivity contribution in [3.63, 3.8) is 0 Å². The van der Waals surface area contributed by atoms with Crippen molar-refractivity contribution in [3.8, 4) is 45.8 Å². The molecule has 0 unspecified atom stereocenters. The summed E-state index contributed by atoms with van der Waals surface area (Å²) in [6.45, 7) is 15.7. The molecule has 20 nitrogen and oxygen atoms in total. The summed E-state index contributed by atoms with van der Waals surface area (Å²) in [5, 5.41) is 79.7. The molecule has 0 aliphatic heterocycles. The van der Waals surface area contributed by atoms with Gasteiger partial charge in [0.15, 0.2) is 0 Å². The second-order valence-electron chi connectivity index (χ2n) is 19.4. The molecule has 0 amide bonds. The van der Waals surface area contributed by atoms with E-state index in [-0.39, 0.29) is 98.5 Å². The number of hydrogen-bond donors (Lipinski definition) is 0. The summed E-state index contributed by atoms with van der Waals surface area (Å²) >= 11 is 26.4. The average Bonchev–Trinajstić information content (AvgIpc) is 0.824. The predicted molar refractivity (Wildman–Crippen MR) is 380 cm³/mol. The maximum atomic E-state index is 11.7. The topological polar surface area (TPSA) is 328 Å². The molecule has 0 fully saturated rings. The van der Waals surface area contributed by atoms with Gasteiger partial charge in [0.05, 0.1) is 55.0 Å². The SMILES string of the molecule is Cc1ccc2c(Br)cc(Br)c([O-])c2n1.Cc1ccc2c(Br)cc(Br)c([O-])c2n1.Cc1ccc2c(Br)cc(Br)c([O-])c2n1.Cc1ccc2c(Br)cc(Br)c([O-])c2n1.Cc1ccnc(-c2cc(C)ccn2)c1.Cc1ccnc(-c2cc(C)ccn2)c1.O=[N+]([O-])[O-].O=[N+]([O-])[O-].[Ho+3].[Ho+3]. The molecule has 0 saturated heterocycles. The molecule has 0 atom stereocenters. The molecule has 0 aliphatic carbocycles. The van der Waals surface area contributed by atoms with Crippen LogP contribution in [0.1, 0.15) is 45.0 Å². The summed E-state index contributed by atoms with van der Waals surface area (Å²) < 4.78 is 5.67. The van der Waals surface area contributed by atoms with E-state index in [9.17, 15) is 20.4 Å². The normalized spacial score (nSPS) is 9.96. The molecule has 12 aromatic rings. The van der Waals surface area contributed by atoms with Gasteiger partial charge in [-0.05, 0) is 199 Å². The van der Waals surface area contributed by atoms with Crippen LogP contribution in [0, 0.1) is 162 Å². The number of benzene rings is 4. The van der Waals surface area contributed by atoms with Crippen LogP contribution in [0.4, 0.5) is 0 Å². The van der Waals surface area contributed by atoms with Crippen LogP contribution in [0.25, 0.3) is 66.4 Å². The Morgan fingerprint density at radius 2 is 0.457 bits per heavy atom. The van der Waals surface area contributed by atoms with Crippen LogP contribution in [0.3, 0.4) is 0 Å². The standard InChI is InChI=1S/2C12H12N2.4C10H7Br2NO.2Ho.2NO3/c2*1-9-3-5-13-11(7-9)12-8-10(2)4-6-14-12;4*1-5-2-3-6-7(11)4-8(12)10(14)9(6)13-5;;;2*2-1(3)4/h2*3-8H,1-2H3;4*2-4,14H,1H3;;;;/q;;;;;;2*+3;2*-1/p-4. The summed E-state index contributed by atoms with van der Waals surface area (Å²) in [6, 6.07) is 38.3. The van der Waals surface area contributed by atoms with Gasteiger partial charge in [0.1, 0.15) is 0 Å². The molecule has 0 N–H and O–H groups in total. The molecule has 94 heavy (non-hydrogen) atoms. The molecule has 8 heterocycles. The second kappa shape index (κ2) is 40.1. The Labute approximate surface area is 666 Å². The fraction of sp³-hybridized carbons (Fsp3) is 0.125. The molecule has 12 rings (SSSR count). The molecule has 8 aromatic heterocycles. The fourth-order valence-electron chi connectivity index (χ4n) is 7.87. The average molecular weight is 2090 g/mol. The van der Waals surface area contributed by atoms with Crippen molar-refractivity contribution in [2.45, 2.75) is 55.4 Å². The van der Waals surface area contributed by atoms with Crippen molar-refractivity contribution in [2.75, 3.05) is 0 Å². The van der Waals surface area contributed by atoms with Crippen molar-refractivity contribution >= 4 is 171 Å². The van der Waals surface area contributed by atoms with E-state index in [0.29, 0.717) is 40.0 Å². The summed E-state index contributed by atoms with van der Waals surface area (Å²) in [6.07, 6.45) is 7.26. The van der Waals surface area contributed by atoms with Crippen molar-refractivity contribution in [1.29, 1.82) is 0 Å². The Morgan fingerprint density at radius 3 is 0.617 bits per heavy atom. The largest absolute Gasteiger partial charge is 3.00 e. The van der Waals surface area contributed by atoms with E-state index in [1.54, 1.807) is 24.3 Å². The minimum absolute atomic E-state index is 0. The summed E-state index contributed by atoms with van der Waals surface area (Å²) in [4.78, 5) is 50.6. The minimum Gasteiger partial charge on any atom is -0.870 e. The van der Waals surface area contributed by atoms with Crippen LogP contribution in [-0.4, -0.2) is 50.0 Å². The van der Waals surface area contributed by atoms with Crippen LogP contribution >= 0.6 is 127 Å². The Balaban J connectivity index is 0.000000286. The number of nitrogens with zero attached hydrogens (tertiary/aromatic N) is 10. The number of aryl methyl sites for hydroxylation is 8. The fourth-order valence-corrected chi connectivity index (χ4v) is 13.0. The molecule has 0 radical (unpaired) electrons. The molecule has 4 aromatic carbocycles. The third kappa shape index (κ3) is 25.5. The zero-order chi connectivity index (χ0) is 68.3. The second-order valence-corrected chi connectivity index (χ2v) is 26.2. The quantitative estimate of drug-likeness (QED) is 0.0881. The number of hydrogen-bond acceptors (Lipinski definition) is 18. The predicted octanol–water partition coefficient (Wildman–Crippen LogP) is 17.6. The maximum Gasteiger partial charge on any atom is 3.00 e. The first-order valence-corrected chi connectivity index (χ1v) is 32.7.